The molecule has 3 amide bonds. The van der Waals surface area contributed by atoms with E-state index in [2.05, 4.69) is 12.2 Å². The summed E-state index contributed by atoms with van der Waals surface area (Å²) in [6, 6.07) is 0.101. The number of amides is 3. The fourth-order valence-corrected chi connectivity index (χ4v) is 3.34. The summed E-state index contributed by atoms with van der Waals surface area (Å²) in [6.07, 6.45) is 2.75. The van der Waals surface area contributed by atoms with E-state index in [0.29, 0.717) is 11.8 Å². The average molecular weight is 239 g/mol. The highest BCUT2D eigenvalue weighted by atomic mass is 16.2. The van der Waals surface area contributed by atoms with Crippen LogP contribution in [0, 0.1) is 11.8 Å². The minimum absolute atomic E-state index is 0.0651. The fraction of sp³-hybridized carbons (Fsp3) is 0.833. The van der Waals surface area contributed by atoms with Crippen molar-refractivity contribution >= 4 is 12.4 Å². The Kier molecular flexibility index (Phi) is 3.02. The molecule has 1 unspecified atom stereocenters. The number of hydrogen-bond donors (Lipinski definition) is 1. The molecule has 5 nitrogen and oxygen atoms in total. The second-order valence-corrected chi connectivity index (χ2v) is 5.83. The minimum Gasteiger partial charge on any atom is -0.354 e. The van der Waals surface area contributed by atoms with E-state index in [1.165, 1.54) is 0 Å². The van der Waals surface area contributed by atoms with Crippen LogP contribution in [0.3, 0.4) is 0 Å². The Morgan fingerprint density at radius 2 is 1.88 bits per heavy atom. The molecule has 96 valence electrons. The molecular weight excluding hydrogens is 218 g/mol. The SMILES string of the molecule is CN(C)C(=O)N1C[C@@H]2CC(C)(NC=O)C[C@@H]2C1. The summed E-state index contributed by atoms with van der Waals surface area (Å²) < 4.78 is 0. The number of likely N-dealkylation sites (tertiary alicyclic amines) is 1. The third kappa shape index (κ3) is 2.23. The van der Waals surface area contributed by atoms with Gasteiger partial charge in [-0.25, -0.2) is 4.79 Å². The molecule has 1 heterocycles. The molecular formula is C12H21N3O2. The van der Waals surface area contributed by atoms with E-state index >= 15 is 0 Å². The zero-order valence-electron chi connectivity index (χ0n) is 10.8. The van der Waals surface area contributed by atoms with Gasteiger partial charge in [-0.15, -0.1) is 0 Å². The first-order valence-corrected chi connectivity index (χ1v) is 6.13. The summed E-state index contributed by atoms with van der Waals surface area (Å²) in [5.41, 5.74) is -0.0651. The molecule has 0 bridgehead atoms. The lowest BCUT2D eigenvalue weighted by Crippen LogP contribution is -2.42. The fourth-order valence-electron chi connectivity index (χ4n) is 3.34. The third-order valence-corrected chi connectivity index (χ3v) is 4.06. The molecule has 0 radical (unpaired) electrons. The van der Waals surface area contributed by atoms with Gasteiger partial charge in [0.1, 0.15) is 0 Å². The Bertz CT molecular complexity index is 316. The van der Waals surface area contributed by atoms with Gasteiger partial charge in [0.15, 0.2) is 0 Å². The molecule has 1 aliphatic heterocycles. The van der Waals surface area contributed by atoms with Crippen LogP contribution in [0.2, 0.25) is 0 Å². The lowest BCUT2D eigenvalue weighted by atomic mass is 9.98. The first-order valence-electron chi connectivity index (χ1n) is 6.13. The molecule has 2 aliphatic rings. The molecule has 2 rings (SSSR count). The molecule has 5 heteroatoms. The van der Waals surface area contributed by atoms with Gasteiger partial charge in [0, 0.05) is 32.7 Å². The van der Waals surface area contributed by atoms with Crippen molar-refractivity contribution in [3.05, 3.63) is 0 Å². The number of carbonyl (C=O) groups excluding carboxylic acids is 2. The lowest BCUT2D eigenvalue weighted by Gasteiger charge is -2.27. The molecule has 0 spiro atoms. The van der Waals surface area contributed by atoms with E-state index in [0.717, 1.165) is 32.3 Å². The van der Waals surface area contributed by atoms with Gasteiger partial charge in [0.2, 0.25) is 6.41 Å². The van der Waals surface area contributed by atoms with Crippen molar-refractivity contribution in [3.63, 3.8) is 0 Å². The zero-order valence-corrected chi connectivity index (χ0v) is 10.8. The maximum atomic E-state index is 11.8. The molecule has 2 fully saturated rings. The summed E-state index contributed by atoms with van der Waals surface area (Å²) in [5.74, 6) is 1.08. The molecule has 17 heavy (non-hydrogen) atoms. The highest BCUT2D eigenvalue weighted by Gasteiger charge is 2.47. The summed E-state index contributed by atoms with van der Waals surface area (Å²) >= 11 is 0. The van der Waals surface area contributed by atoms with Crippen LogP contribution in [0.1, 0.15) is 19.8 Å². The van der Waals surface area contributed by atoms with Crippen LogP contribution in [0.25, 0.3) is 0 Å². The quantitative estimate of drug-likeness (QED) is 0.714. The van der Waals surface area contributed by atoms with Crippen LogP contribution in [0.15, 0.2) is 0 Å². The third-order valence-electron chi connectivity index (χ3n) is 4.06. The summed E-state index contributed by atoms with van der Waals surface area (Å²) in [6.45, 7) is 3.76. The molecule has 0 aromatic rings. The number of rotatable bonds is 2. The van der Waals surface area contributed by atoms with Crippen molar-refractivity contribution < 1.29 is 9.59 Å². The Hall–Kier alpha value is -1.26. The Morgan fingerprint density at radius 3 is 2.29 bits per heavy atom. The van der Waals surface area contributed by atoms with Gasteiger partial charge in [-0.1, -0.05) is 0 Å². The van der Waals surface area contributed by atoms with Crippen LogP contribution in [0.4, 0.5) is 4.79 Å². The van der Waals surface area contributed by atoms with Gasteiger partial charge >= 0.3 is 6.03 Å². The molecule has 0 aromatic heterocycles. The van der Waals surface area contributed by atoms with Gasteiger partial charge in [0.05, 0.1) is 0 Å². The molecule has 0 aromatic carbocycles. The van der Waals surface area contributed by atoms with E-state index in [9.17, 15) is 9.59 Å². The van der Waals surface area contributed by atoms with Crippen LogP contribution in [0.5, 0.6) is 0 Å². The number of hydrogen-bond acceptors (Lipinski definition) is 2. The summed E-state index contributed by atoms with van der Waals surface area (Å²) in [7, 11) is 3.57. The number of fused-ring (bicyclic) bond motifs is 1. The van der Waals surface area contributed by atoms with Crippen molar-refractivity contribution in [2.24, 2.45) is 11.8 Å². The largest absolute Gasteiger partial charge is 0.354 e. The number of nitrogens with zero attached hydrogens (tertiary/aromatic N) is 2. The first kappa shape index (κ1) is 12.2. The van der Waals surface area contributed by atoms with Crippen LogP contribution in [-0.2, 0) is 4.79 Å². The summed E-state index contributed by atoms with van der Waals surface area (Å²) in [5, 5.41) is 2.92. The number of urea groups is 1. The standard InChI is InChI=1S/C12H21N3O2/c1-12(13-8-16)4-9-6-15(7-10(9)5-12)11(17)14(2)3/h8-10H,4-7H2,1-3H3,(H,13,16)/t9-,10+,12?. The van der Waals surface area contributed by atoms with E-state index in [1.807, 2.05) is 4.90 Å². The van der Waals surface area contributed by atoms with E-state index < -0.39 is 0 Å². The average Bonchev–Trinajstić information content (AvgIpc) is 2.71. The predicted octanol–water partition coefficient (Wildman–Crippen LogP) is 0.515. The molecule has 1 saturated heterocycles. The van der Waals surface area contributed by atoms with Gasteiger partial charge in [0.25, 0.3) is 0 Å². The topological polar surface area (TPSA) is 52.7 Å². The lowest BCUT2D eigenvalue weighted by molar-refractivity contribution is -0.111. The molecule has 1 saturated carbocycles. The van der Waals surface area contributed by atoms with Crippen LogP contribution >= 0.6 is 0 Å². The first-order chi connectivity index (χ1) is 7.95. The van der Waals surface area contributed by atoms with E-state index in [4.69, 9.17) is 0 Å². The van der Waals surface area contributed by atoms with Crippen LogP contribution < -0.4 is 5.32 Å². The summed E-state index contributed by atoms with van der Waals surface area (Å²) in [4.78, 5) is 26.0. The maximum absolute atomic E-state index is 11.8. The van der Waals surface area contributed by atoms with E-state index in [-0.39, 0.29) is 11.6 Å². The monoisotopic (exact) mass is 239 g/mol. The molecule has 3 atom stereocenters. The van der Waals surface area contributed by atoms with Crippen molar-refractivity contribution in [2.75, 3.05) is 27.2 Å². The van der Waals surface area contributed by atoms with Gasteiger partial charge in [-0.2, -0.15) is 0 Å². The van der Waals surface area contributed by atoms with Crippen molar-refractivity contribution in [1.82, 2.24) is 15.1 Å². The van der Waals surface area contributed by atoms with Gasteiger partial charge < -0.3 is 15.1 Å². The Labute approximate surface area is 102 Å². The second kappa shape index (κ2) is 4.20. The minimum atomic E-state index is -0.0651. The smallest absolute Gasteiger partial charge is 0.319 e. The Morgan fingerprint density at radius 1 is 1.35 bits per heavy atom. The van der Waals surface area contributed by atoms with Gasteiger partial charge in [-0.3, -0.25) is 4.79 Å². The second-order valence-electron chi connectivity index (χ2n) is 5.83. The van der Waals surface area contributed by atoms with Crippen molar-refractivity contribution in [1.29, 1.82) is 0 Å². The highest BCUT2D eigenvalue weighted by Crippen LogP contribution is 2.43. The van der Waals surface area contributed by atoms with Crippen molar-refractivity contribution in [3.8, 4) is 0 Å². The van der Waals surface area contributed by atoms with E-state index in [1.54, 1.807) is 19.0 Å². The number of nitrogens with one attached hydrogen (secondary N) is 1. The predicted molar refractivity (Wildman–Crippen MR) is 64.5 cm³/mol. The molecule has 1 aliphatic carbocycles. The highest BCUT2D eigenvalue weighted by molar-refractivity contribution is 5.74. The van der Waals surface area contributed by atoms with Gasteiger partial charge in [-0.05, 0) is 31.6 Å². The molecule has 1 N–H and O–H groups in total. The van der Waals surface area contributed by atoms with Crippen molar-refractivity contribution in [2.45, 2.75) is 25.3 Å². The van der Waals surface area contributed by atoms with Crippen LogP contribution in [-0.4, -0.2) is 55.0 Å². The zero-order chi connectivity index (χ0) is 12.6. The normalized spacial score (nSPS) is 35.6. The Balaban J connectivity index is 1.95. The maximum Gasteiger partial charge on any atom is 0.319 e. The number of carbonyl (C=O) groups is 2.